The number of carboxylic acids is 1. The Balaban J connectivity index is 0.00000120. The maximum Gasteiger partial charge on any atom is 1.00 e. The molecule has 0 radical (unpaired) electrons. The van der Waals surface area contributed by atoms with Crippen LogP contribution in [-0.2, 0) is 9.59 Å². The number of carbonyl (C=O) groups is 2. The zero-order valence-electron chi connectivity index (χ0n) is 9.45. The first-order valence-corrected chi connectivity index (χ1v) is 6.71. The van der Waals surface area contributed by atoms with E-state index in [-0.39, 0.29) is 46.5 Å². The Labute approximate surface area is 134 Å². The van der Waals surface area contributed by atoms with Crippen LogP contribution >= 0.6 is 23.1 Å². The summed E-state index contributed by atoms with van der Waals surface area (Å²) in [5.74, 6) is -1.55. The van der Waals surface area contributed by atoms with E-state index in [1.54, 1.807) is 17.4 Å². The second kappa shape index (κ2) is 5.22. The van der Waals surface area contributed by atoms with Crippen molar-refractivity contribution in [2.24, 2.45) is 0 Å². The number of aliphatic carboxylic acids is 1. The van der Waals surface area contributed by atoms with Crippen molar-refractivity contribution in [1.29, 1.82) is 0 Å². The van der Waals surface area contributed by atoms with Gasteiger partial charge < -0.3 is 9.90 Å². The molecular formula is C11H6NNaO3S2. The molecule has 2 aliphatic heterocycles. The predicted octanol–water partition coefficient (Wildman–Crippen LogP) is -2.36. The zero-order valence-corrected chi connectivity index (χ0v) is 13.1. The fourth-order valence-corrected chi connectivity index (χ4v) is 3.53. The SMILES string of the molecule is O=C([O-])C1=CSC2/C(=C/c3ccsc3)C(=O)N12.[Na+]. The molecule has 0 aliphatic carbocycles. The molecule has 0 saturated carbocycles. The van der Waals surface area contributed by atoms with Gasteiger partial charge in [0.1, 0.15) is 5.37 Å². The van der Waals surface area contributed by atoms with Crippen LogP contribution in [0.2, 0.25) is 0 Å². The summed E-state index contributed by atoms with van der Waals surface area (Å²) in [7, 11) is 0. The Morgan fingerprint density at radius 3 is 2.89 bits per heavy atom. The van der Waals surface area contributed by atoms with Gasteiger partial charge in [-0.05, 0) is 33.9 Å². The summed E-state index contributed by atoms with van der Waals surface area (Å²) in [6.07, 6.45) is 1.80. The van der Waals surface area contributed by atoms with Gasteiger partial charge in [0.05, 0.1) is 17.2 Å². The van der Waals surface area contributed by atoms with E-state index in [0.29, 0.717) is 5.57 Å². The van der Waals surface area contributed by atoms with Gasteiger partial charge in [0.25, 0.3) is 5.91 Å². The van der Waals surface area contributed by atoms with E-state index < -0.39 is 5.97 Å². The molecule has 1 amide bonds. The first kappa shape index (κ1) is 13.9. The van der Waals surface area contributed by atoms with Gasteiger partial charge in [-0.3, -0.25) is 9.69 Å². The van der Waals surface area contributed by atoms with Gasteiger partial charge in [0.2, 0.25) is 0 Å². The molecule has 2 aliphatic rings. The van der Waals surface area contributed by atoms with E-state index in [4.69, 9.17) is 0 Å². The van der Waals surface area contributed by atoms with E-state index >= 15 is 0 Å². The molecule has 1 atom stereocenters. The van der Waals surface area contributed by atoms with E-state index in [0.717, 1.165) is 5.56 Å². The number of β-lactam (4-membered cyclic amide) rings is 1. The minimum absolute atomic E-state index is 0. The molecule has 3 rings (SSSR count). The van der Waals surface area contributed by atoms with Gasteiger partial charge in [-0.15, -0.1) is 11.8 Å². The molecule has 7 heteroatoms. The molecule has 0 bridgehead atoms. The number of amides is 1. The molecular weight excluding hydrogens is 281 g/mol. The van der Waals surface area contributed by atoms with Crippen molar-refractivity contribution in [3.63, 3.8) is 0 Å². The number of thiophene rings is 1. The van der Waals surface area contributed by atoms with Crippen molar-refractivity contribution in [3.05, 3.63) is 39.1 Å². The topological polar surface area (TPSA) is 60.4 Å². The maximum absolute atomic E-state index is 11.8. The first-order valence-electron chi connectivity index (χ1n) is 4.83. The Morgan fingerprint density at radius 1 is 1.50 bits per heavy atom. The van der Waals surface area contributed by atoms with Crippen LogP contribution in [0.5, 0.6) is 0 Å². The average molecular weight is 287 g/mol. The molecule has 0 N–H and O–H groups in total. The molecule has 3 heterocycles. The Hall–Kier alpha value is -0.530. The third-order valence-electron chi connectivity index (χ3n) is 2.61. The van der Waals surface area contributed by atoms with Crippen molar-refractivity contribution in [1.82, 2.24) is 4.90 Å². The van der Waals surface area contributed by atoms with Crippen molar-refractivity contribution in [2.75, 3.05) is 0 Å². The molecule has 0 spiro atoms. The molecule has 0 aromatic carbocycles. The monoisotopic (exact) mass is 287 g/mol. The fourth-order valence-electron chi connectivity index (χ4n) is 1.80. The van der Waals surface area contributed by atoms with Gasteiger partial charge in [-0.2, -0.15) is 11.3 Å². The summed E-state index contributed by atoms with van der Waals surface area (Å²) in [5.41, 5.74) is 1.58. The van der Waals surface area contributed by atoms with E-state index in [1.807, 2.05) is 16.8 Å². The van der Waals surface area contributed by atoms with Gasteiger partial charge in [0.15, 0.2) is 0 Å². The molecule has 1 aromatic heterocycles. The molecule has 1 fully saturated rings. The van der Waals surface area contributed by atoms with E-state index in [9.17, 15) is 14.7 Å². The average Bonchev–Trinajstić information content (AvgIpc) is 2.93. The van der Waals surface area contributed by atoms with Crippen LogP contribution in [0.3, 0.4) is 0 Å². The van der Waals surface area contributed by atoms with Crippen molar-refractivity contribution >= 4 is 41.1 Å². The Morgan fingerprint density at radius 2 is 2.28 bits per heavy atom. The number of hydrogen-bond donors (Lipinski definition) is 0. The van der Waals surface area contributed by atoms with Crippen LogP contribution in [0.25, 0.3) is 6.08 Å². The first-order chi connectivity index (χ1) is 8.18. The minimum Gasteiger partial charge on any atom is -0.543 e. The summed E-state index contributed by atoms with van der Waals surface area (Å²) in [4.78, 5) is 23.8. The van der Waals surface area contributed by atoms with Crippen molar-refractivity contribution < 1.29 is 44.3 Å². The summed E-state index contributed by atoms with van der Waals surface area (Å²) in [6.45, 7) is 0. The largest absolute Gasteiger partial charge is 1.00 e. The maximum atomic E-state index is 11.8. The molecule has 1 saturated heterocycles. The quantitative estimate of drug-likeness (QED) is 0.347. The van der Waals surface area contributed by atoms with Crippen LogP contribution < -0.4 is 34.7 Å². The fraction of sp³-hybridized carbons (Fsp3) is 0.0909. The van der Waals surface area contributed by atoms with Crippen LogP contribution in [0.1, 0.15) is 5.56 Å². The second-order valence-electron chi connectivity index (χ2n) is 3.61. The normalized spacial score (nSPS) is 23.2. The minimum atomic E-state index is -1.30. The zero-order chi connectivity index (χ0) is 12.0. The Kier molecular flexibility index (Phi) is 4.03. The second-order valence-corrected chi connectivity index (χ2v) is 5.34. The van der Waals surface area contributed by atoms with E-state index in [1.165, 1.54) is 22.1 Å². The smallest absolute Gasteiger partial charge is 0.543 e. The number of rotatable bonds is 2. The standard InChI is InChI=1S/C11H7NO3S2.Na/c13-9-7(3-6-1-2-16-4-6)10-12(9)8(5-17-10)11(14)15;/h1-5,10H,(H,14,15);/q;+1/p-1/b7-3+;. The molecule has 1 unspecified atom stereocenters. The molecule has 86 valence electrons. The molecule has 1 aromatic rings. The van der Waals surface area contributed by atoms with Crippen molar-refractivity contribution in [3.8, 4) is 0 Å². The van der Waals surface area contributed by atoms with Crippen LogP contribution in [0.4, 0.5) is 0 Å². The molecule has 4 nitrogen and oxygen atoms in total. The van der Waals surface area contributed by atoms with Gasteiger partial charge in [-0.1, -0.05) is 0 Å². The number of thioether (sulfide) groups is 1. The third kappa shape index (κ3) is 2.08. The summed E-state index contributed by atoms with van der Waals surface area (Å²) in [6, 6.07) is 1.92. The number of carboxylic acid groups (broad SMARTS) is 1. The van der Waals surface area contributed by atoms with Crippen molar-refractivity contribution in [2.45, 2.75) is 5.37 Å². The number of carbonyl (C=O) groups excluding carboxylic acids is 2. The number of hydrogen-bond acceptors (Lipinski definition) is 5. The summed E-state index contributed by atoms with van der Waals surface area (Å²) < 4.78 is 0. The van der Waals surface area contributed by atoms with Gasteiger partial charge >= 0.3 is 29.6 Å². The Bertz CT molecular complexity index is 565. The van der Waals surface area contributed by atoms with Crippen LogP contribution in [-0.4, -0.2) is 22.2 Å². The predicted molar refractivity (Wildman–Crippen MR) is 63.6 cm³/mol. The number of nitrogens with zero attached hydrogens (tertiary/aromatic N) is 1. The van der Waals surface area contributed by atoms with E-state index in [2.05, 4.69) is 0 Å². The van der Waals surface area contributed by atoms with Gasteiger partial charge in [0, 0.05) is 0 Å². The van der Waals surface area contributed by atoms with Gasteiger partial charge in [-0.25, -0.2) is 0 Å². The van der Waals surface area contributed by atoms with Crippen LogP contribution in [0.15, 0.2) is 33.5 Å². The summed E-state index contributed by atoms with van der Waals surface area (Å²) in [5, 5.41) is 15.9. The molecule has 18 heavy (non-hydrogen) atoms. The van der Waals surface area contributed by atoms with Crippen LogP contribution in [0, 0.1) is 0 Å². The third-order valence-corrected chi connectivity index (χ3v) is 4.39. The number of fused-ring (bicyclic) bond motifs is 1. The summed E-state index contributed by atoms with van der Waals surface area (Å²) >= 11 is 2.87.